The van der Waals surface area contributed by atoms with Crippen LogP contribution in [0.4, 0.5) is 0 Å². The average molecular weight is 318 g/mol. The third kappa shape index (κ3) is 7.88. The SMILES string of the molecule is C=Cc1c(C=C)c(/C=C\CC)n(C)c1/C=C\C.CC.CC.CC. The van der Waals surface area contributed by atoms with Crippen molar-refractivity contribution in [1.29, 1.82) is 0 Å². The molecule has 0 atom stereocenters. The van der Waals surface area contributed by atoms with Gasteiger partial charge in [-0.3, -0.25) is 0 Å². The second-order valence-electron chi connectivity index (χ2n) is 3.88. The zero-order valence-electron chi connectivity index (χ0n) is 17.0. The largest absolute Gasteiger partial charge is 0.344 e. The van der Waals surface area contributed by atoms with Crippen molar-refractivity contribution < 1.29 is 0 Å². The van der Waals surface area contributed by atoms with Gasteiger partial charge in [0.05, 0.1) is 0 Å². The number of allylic oxidation sites excluding steroid dienone is 2. The standard InChI is InChI=1S/C16H21N.3C2H6/c1-6-10-12-16-14(9-4)13(8-3)15(11-7-2)17(16)5;3*1-2/h7-12H,3-4,6H2,1-2,5H3;3*1-2H3/b11-7-,12-10-;;;. The zero-order valence-corrected chi connectivity index (χ0v) is 17.0. The fraction of sp³-hybridized carbons (Fsp3) is 0.455. The third-order valence-electron chi connectivity index (χ3n) is 2.81. The topological polar surface area (TPSA) is 4.93 Å². The summed E-state index contributed by atoms with van der Waals surface area (Å²) in [5.41, 5.74) is 4.66. The van der Waals surface area contributed by atoms with E-state index in [4.69, 9.17) is 0 Å². The summed E-state index contributed by atoms with van der Waals surface area (Å²) in [6.07, 6.45) is 13.3. The summed E-state index contributed by atoms with van der Waals surface area (Å²) in [5.74, 6) is 0. The van der Waals surface area contributed by atoms with Gasteiger partial charge in [0.25, 0.3) is 0 Å². The number of hydrogen-bond acceptors (Lipinski definition) is 0. The molecule has 0 unspecified atom stereocenters. The van der Waals surface area contributed by atoms with Gasteiger partial charge in [0.1, 0.15) is 0 Å². The van der Waals surface area contributed by atoms with Gasteiger partial charge in [-0.1, -0.05) is 85.9 Å². The molecule has 0 bridgehead atoms. The van der Waals surface area contributed by atoms with Crippen LogP contribution in [0.1, 0.15) is 84.3 Å². The Bertz CT molecular complexity index is 471. The molecule has 1 nitrogen and oxygen atoms in total. The highest BCUT2D eigenvalue weighted by Gasteiger charge is 2.12. The second-order valence-corrected chi connectivity index (χ2v) is 3.88. The molecule has 0 aliphatic carbocycles. The minimum absolute atomic E-state index is 1.03. The first kappa shape index (κ1) is 26.2. The molecule has 0 saturated carbocycles. The summed E-state index contributed by atoms with van der Waals surface area (Å²) in [7, 11) is 2.07. The summed E-state index contributed by atoms with van der Waals surface area (Å²) >= 11 is 0. The van der Waals surface area contributed by atoms with Gasteiger partial charge in [0.15, 0.2) is 0 Å². The van der Waals surface area contributed by atoms with Crippen LogP contribution in [0.25, 0.3) is 24.3 Å². The van der Waals surface area contributed by atoms with E-state index in [-0.39, 0.29) is 0 Å². The van der Waals surface area contributed by atoms with Gasteiger partial charge in [0, 0.05) is 29.6 Å². The van der Waals surface area contributed by atoms with Crippen LogP contribution in [-0.4, -0.2) is 4.57 Å². The fourth-order valence-electron chi connectivity index (χ4n) is 1.99. The van der Waals surface area contributed by atoms with Crippen molar-refractivity contribution >= 4 is 24.3 Å². The van der Waals surface area contributed by atoms with Crippen LogP contribution >= 0.6 is 0 Å². The molecule has 1 heteroatoms. The van der Waals surface area contributed by atoms with Crippen molar-refractivity contribution in [2.75, 3.05) is 0 Å². The molecule has 132 valence electrons. The lowest BCUT2D eigenvalue weighted by atomic mass is 10.1. The molecule has 0 saturated heterocycles. The van der Waals surface area contributed by atoms with Crippen molar-refractivity contribution in [3.05, 3.63) is 47.8 Å². The summed E-state index contributed by atoms with van der Waals surface area (Å²) in [6.45, 7) is 24.0. The molecular weight excluding hydrogens is 278 g/mol. The smallest absolute Gasteiger partial charge is 0.0485 e. The van der Waals surface area contributed by atoms with Crippen LogP contribution in [-0.2, 0) is 7.05 Å². The highest BCUT2D eigenvalue weighted by molar-refractivity contribution is 5.78. The van der Waals surface area contributed by atoms with Gasteiger partial charge < -0.3 is 4.57 Å². The fourth-order valence-corrected chi connectivity index (χ4v) is 1.99. The van der Waals surface area contributed by atoms with Gasteiger partial charge in [-0.25, -0.2) is 0 Å². The molecule has 1 heterocycles. The minimum atomic E-state index is 1.03. The Kier molecular flexibility index (Phi) is 20.8. The molecule has 0 aliphatic heterocycles. The maximum absolute atomic E-state index is 3.90. The van der Waals surface area contributed by atoms with Crippen LogP contribution < -0.4 is 0 Å². The van der Waals surface area contributed by atoms with E-state index in [0.29, 0.717) is 0 Å². The van der Waals surface area contributed by atoms with E-state index < -0.39 is 0 Å². The second kappa shape index (κ2) is 18.3. The number of aromatic nitrogens is 1. The zero-order chi connectivity index (χ0) is 18.8. The first-order valence-electron chi connectivity index (χ1n) is 8.97. The quantitative estimate of drug-likeness (QED) is 0.521. The van der Waals surface area contributed by atoms with Gasteiger partial charge in [-0.2, -0.15) is 0 Å². The molecule has 0 aromatic carbocycles. The Hall–Kier alpha value is -1.76. The van der Waals surface area contributed by atoms with E-state index in [1.165, 1.54) is 11.4 Å². The van der Waals surface area contributed by atoms with Crippen molar-refractivity contribution in [3.8, 4) is 0 Å². The van der Waals surface area contributed by atoms with Gasteiger partial charge >= 0.3 is 0 Å². The van der Waals surface area contributed by atoms with Crippen molar-refractivity contribution in [1.82, 2.24) is 4.57 Å². The summed E-state index contributed by atoms with van der Waals surface area (Å²) in [5, 5.41) is 0. The minimum Gasteiger partial charge on any atom is -0.344 e. The van der Waals surface area contributed by atoms with Crippen LogP contribution in [0.15, 0.2) is 25.3 Å². The maximum Gasteiger partial charge on any atom is 0.0485 e. The number of rotatable bonds is 5. The lowest BCUT2D eigenvalue weighted by molar-refractivity contribution is 0.900. The summed E-state index contributed by atoms with van der Waals surface area (Å²) in [6, 6.07) is 0. The molecule has 1 aromatic heterocycles. The Balaban J connectivity index is -0.000000595. The molecule has 1 rings (SSSR count). The predicted molar refractivity (Wildman–Crippen MR) is 114 cm³/mol. The Morgan fingerprint density at radius 2 is 1.22 bits per heavy atom. The highest BCUT2D eigenvalue weighted by Crippen LogP contribution is 2.27. The van der Waals surface area contributed by atoms with Crippen LogP contribution in [0.3, 0.4) is 0 Å². The third-order valence-corrected chi connectivity index (χ3v) is 2.81. The Labute approximate surface area is 146 Å². The van der Waals surface area contributed by atoms with E-state index in [0.717, 1.165) is 17.5 Å². The summed E-state index contributed by atoms with van der Waals surface area (Å²) in [4.78, 5) is 0. The van der Waals surface area contributed by atoms with Crippen molar-refractivity contribution in [2.45, 2.75) is 61.8 Å². The monoisotopic (exact) mass is 317 g/mol. The van der Waals surface area contributed by atoms with Gasteiger partial charge in [0.2, 0.25) is 0 Å². The number of hydrogen-bond donors (Lipinski definition) is 0. The molecule has 1 aromatic rings. The molecular formula is C22H39N. The normalized spacial score (nSPS) is 9.26. The van der Waals surface area contributed by atoms with Gasteiger partial charge in [-0.05, 0) is 25.5 Å². The van der Waals surface area contributed by atoms with Gasteiger partial charge in [-0.15, -0.1) is 0 Å². The molecule has 23 heavy (non-hydrogen) atoms. The molecule has 0 N–H and O–H groups in total. The predicted octanol–water partition coefficient (Wildman–Crippen LogP) is 7.85. The van der Waals surface area contributed by atoms with E-state index in [2.05, 4.69) is 49.9 Å². The van der Waals surface area contributed by atoms with E-state index in [9.17, 15) is 0 Å². The molecule has 0 fully saturated rings. The average Bonchev–Trinajstić information content (AvgIpc) is 2.89. The first-order valence-corrected chi connectivity index (χ1v) is 8.97. The van der Waals surface area contributed by atoms with Crippen LogP contribution in [0, 0.1) is 0 Å². The molecule has 0 aliphatic rings. The van der Waals surface area contributed by atoms with Crippen molar-refractivity contribution in [3.63, 3.8) is 0 Å². The van der Waals surface area contributed by atoms with Crippen molar-refractivity contribution in [2.24, 2.45) is 7.05 Å². The van der Waals surface area contributed by atoms with E-state index in [1.807, 2.05) is 66.7 Å². The number of nitrogens with zero attached hydrogens (tertiary/aromatic N) is 1. The lowest BCUT2D eigenvalue weighted by Crippen LogP contribution is -1.94. The van der Waals surface area contributed by atoms with E-state index in [1.54, 1.807) is 0 Å². The van der Waals surface area contributed by atoms with Crippen LogP contribution in [0.2, 0.25) is 0 Å². The molecule has 0 spiro atoms. The maximum atomic E-state index is 3.90. The van der Waals surface area contributed by atoms with E-state index >= 15 is 0 Å². The first-order chi connectivity index (χ1) is 11.2. The molecule has 0 radical (unpaired) electrons. The summed E-state index contributed by atoms with van der Waals surface area (Å²) < 4.78 is 2.18. The van der Waals surface area contributed by atoms with Crippen LogP contribution in [0.5, 0.6) is 0 Å². The Morgan fingerprint density at radius 3 is 1.52 bits per heavy atom. The lowest BCUT2D eigenvalue weighted by Gasteiger charge is -2.01. The highest BCUT2D eigenvalue weighted by atomic mass is 15.0. The molecule has 0 amide bonds. The Morgan fingerprint density at radius 1 is 0.826 bits per heavy atom.